The number of carbonyl (C=O) groups is 1. The molecule has 0 saturated heterocycles. The quantitative estimate of drug-likeness (QED) is 0.735. The van der Waals surface area contributed by atoms with E-state index in [1.54, 1.807) is 7.11 Å². The summed E-state index contributed by atoms with van der Waals surface area (Å²) in [6.07, 6.45) is 0. The van der Waals surface area contributed by atoms with E-state index >= 15 is 0 Å². The first-order chi connectivity index (χ1) is 11.2. The van der Waals surface area contributed by atoms with Crippen LogP contribution in [-0.4, -0.2) is 32.8 Å². The molecule has 0 fully saturated rings. The average molecular weight is 314 g/mol. The Labute approximate surface area is 136 Å². The van der Waals surface area contributed by atoms with Crippen LogP contribution in [0.4, 0.5) is 11.4 Å². The molecule has 23 heavy (non-hydrogen) atoms. The van der Waals surface area contributed by atoms with Gasteiger partial charge in [-0.25, -0.2) is 0 Å². The molecule has 0 aromatic heterocycles. The minimum atomic E-state index is -0.0985. The molecule has 0 radical (unpaired) electrons. The summed E-state index contributed by atoms with van der Waals surface area (Å²) >= 11 is 0. The molecular weight excluding hydrogens is 292 g/mol. The number of hydrogen-bond acceptors (Lipinski definition) is 4. The van der Waals surface area contributed by atoms with Crippen molar-refractivity contribution in [3.8, 4) is 5.75 Å². The van der Waals surface area contributed by atoms with Crippen LogP contribution in [0.25, 0.3) is 0 Å². The first kappa shape index (κ1) is 16.8. The topological polar surface area (TPSA) is 59.6 Å². The number of carbonyl (C=O) groups excluding carboxylic acids is 1. The lowest BCUT2D eigenvalue weighted by molar-refractivity contribution is -0.114. The lowest BCUT2D eigenvalue weighted by Crippen LogP contribution is -2.21. The van der Waals surface area contributed by atoms with Gasteiger partial charge in [-0.15, -0.1) is 0 Å². The van der Waals surface area contributed by atoms with Crippen LogP contribution in [0.15, 0.2) is 48.5 Å². The zero-order valence-electron chi connectivity index (χ0n) is 13.5. The zero-order chi connectivity index (χ0) is 16.5. The number of amides is 1. The van der Waals surface area contributed by atoms with Gasteiger partial charge in [-0.2, -0.15) is 0 Å². The van der Waals surface area contributed by atoms with Gasteiger partial charge in [-0.05, 0) is 43.3 Å². The van der Waals surface area contributed by atoms with Gasteiger partial charge < -0.3 is 20.1 Å². The van der Waals surface area contributed by atoms with Gasteiger partial charge >= 0.3 is 0 Å². The summed E-state index contributed by atoms with van der Waals surface area (Å²) < 4.78 is 10.4. The lowest BCUT2D eigenvalue weighted by Gasteiger charge is -2.09. The highest BCUT2D eigenvalue weighted by atomic mass is 16.5. The van der Waals surface area contributed by atoms with Crippen LogP contribution in [0.3, 0.4) is 0 Å². The molecular formula is C18H22N2O3. The van der Waals surface area contributed by atoms with Gasteiger partial charge in [0, 0.05) is 18.5 Å². The van der Waals surface area contributed by atoms with Gasteiger partial charge in [0.15, 0.2) is 0 Å². The molecule has 2 rings (SSSR count). The van der Waals surface area contributed by atoms with Crippen molar-refractivity contribution in [2.24, 2.45) is 0 Å². The fourth-order valence-corrected chi connectivity index (χ4v) is 1.94. The normalized spacial score (nSPS) is 10.2. The van der Waals surface area contributed by atoms with E-state index in [9.17, 15) is 4.79 Å². The van der Waals surface area contributed by atoms with Gasteiger partial charge in [0.1, 0.15) is 12.4 Å². The maximum atomic E-state index is 11.9. The molecule has 0 spiro atoms. The maximum Gasteiger partial charge on any atom is 0.243 e. The Morgan fingerprint density at radius 1 is 0.957 bits per heavy atom. The Morgan fingerprint density at radius 2 is 1.61 bits per heavy atom. The molecule has 2 N–H and O–H groups in total. The van der Waals surface area contributed by atoms with Gasteiger partial charge in [0.2, 0.25) is 5.91 Å². The van der Waals surface area contributed by atoms with Crippen LogP contribution < -0.4 is 15.4 Å². The van der Waals surface area contributed by atoms with Crippen LogP contribution in [0.1, 0.15) is 5.56 Å². The van der Waals surface area contributed by atoms with E-state index in [-0.39, 0.29) is 12.5 Å². The number of nitrogens with one attached hydrogen (secondary N) is 2. The minimum absolute atomic E-state index is 0.0985. The van der Waals surface area contributed by atoms with E-state index in [2.05, 4.69) is 10.6 Å². The molecule has 0 heterocycles. The van der Waals surface area contributed by atoms with Crippen molar-refractivity contribution in [3.63, 3.8) is 0 Å². The second-order valence-electron chi connectivity index (χ2n) is 5.13. The molecule has 0 unspecified atom stereocenters. The predicted molar refractivity (Wildman–Crippen MR) is 92.1 cm³/mol. The molecule has 0 bridgehead atoms. The molecule has 2 aromatic rings. The predicted octanol–water partition coefficient (Wildman–Crippen LogP) is 3.07. The van der Waals surface area contributed by atoms with E-state index in [4.69, 9.17) is 9.47 Å². The Morgan fingerprint density at radius 3 is 2.26 bits per heavy atom. The summed E-state index contributed by atoms with van der Waals surface area (Å²) in [6, 6.07) is 15.2. The largest absolute Gasteiger partial charge is 0.491 e. The SMILES string of the molecule is COCCOc1ccc(NC(=O)CNc2ccc(C)cc2)cc1. The highest BCUT2D eigenvalue weighted by Gasteiger charge is 2.03. The maximum absolute atomic E-state index is 11.9. The van der Waals surface area contributed by atoms with E-state index in [1.807, 2.05) is 55.5 Å². The van der Waals surface area contributed by atoms with Crippen LogP contribution in [0.2, 0.25) is 0 Å². The van der Waals surface area contributed by atoms with Crippen molar-refractivity contribution in [3.05, 3.63) is 54.1 Å². The third-order valence-corrected chi connectivity index (χ3v) is 3.20. The Hall–Kier alpha value is -2.53. The first-order valence-electron chi connectivity index (χ1n) is 7.49. The fraction of sp³-hybridized carbons (Fsp3) is 0.278. The molecule has 2 aromatic carbocycles. The van der Waals surface area contributed by atoms with Crippen LogP contribution in [-0.2, 0) is 9.53 Å². The summed E-state index contributed by atoms with van der Waals surface area (Å²) in [5.74, 6) is 0.649. The van der Waals surface area contributed by atoms with E-state index in [0.29, 0.717) is 13.2 Å². The lowest BCUT2D eigenvalue weighted by atomic mass is 10.2. The second-order valence-corrected chi connectivity index (χ2v) is 5.13. The van der Waals surface area contributed by atoms with Crippen LogP contribution >= 0.6 is 0 Å². The highest BCUT2D eigenvalue weighted by Crippen LogP contribution is 2.15. The van der Waals surface area contributed by atoms with Gasteiger partial charge in [-0.1, -0.05) is 17.7 Å². The number of benzene rings is 2. The minimum Gasteiger partial charge on any atom is -0.491 e. The third kappa shape index (κ3) is 6.00. The summed E-state index contributed by atoms with van der Waals surface area (Å²) in [7, 11) is 1.63. The molecule has 0 aliphatic rings. The van der Waals surface area contributed by atoms with Crippen molar-refractivity contribution >= 4 is 17.3 Å². The molecule has 0 saturated carbocycles. The van der Waals surface area contributed by atoms with E-state index < -0.39 is 0 Å². The molecule has 5 heteroatoms. The molecule has 1 amide bonds. The van der Waals surface area contributed by atoms with E-state index in [1.165, 1.54) is 5.56 Å². The van der Waals surface area contributed by atoms with Crippen molar-refractivity contribution < 1.29 is 14.3 Å². The number of rotatable bonds is 8. The van der Waals surface area contributed by atoms with E-state index in [0.717, 1.165) is 17.1 Å². The Bertz CT molecular complexity index is 609. The van der Waals surface area contributed by atoms with Crippen molar-refractivity contribution in [2.75, 3.05) is 37.5 Å². The molecule has 122 valence electrons. The van der Waals surface area contributed by atoms with Gasteiger partial charge in [0.25, 0.3) is 0 Å². The standard InChI is InChI=1S/C18H22N2O3/c1-14-3-5-15(6-4-14)19-13-18(21)20-16-7-9-17(10-8-16)23-12-11-22-2/h3-10,19H,11-13H2,1-2H3,(H,20,21). The summed E-state index contributed by atoms with van der Waals surface area (Å²) in [5.41, 5.74) is 2.85. The average Bonchev–Trinajstić information content (AvgIpc) is 2.56. The van der Waals surface area contributed by atoms with Gasteiger partial charge in [0.05, 0.1) is 13.2 Å². The molecule has 5 nitrogen and oxygen atoms in total. The fourth-order valence-electron chi connectivity index (χ4n) is 1.94. The van der Waals surface area contributed by atoms with Crippen molar-refractivity contribution in [1.82, 2.24) is 0 Å². The Kier molecular flexibility index (Phi) is 6.44. The number of hydrogen-bond donors (Lipinski definition) is 2. The number of anilines is 2. The highest BCUT2D eigenvalue weighted by molar-refractivity contribution is 5.93. The summed E-state index contributed by atoms with van der Waals surface area (Å²) in [6.45, 7) is 3.29. The number of aryl methyl sites for hydroxylation is 1. The van der Waals surface area contributed by atoms with Crippen molar-refractivity contribution in [1.29, 1.82) is 0 Å². The second kappa shape index (κ2) is 8.80. The third-order valence-electron chi connectivity index (χ3n) is 3.20. The Balaban J connectivity index is 1.77. The smallest absolute Gasteiger partial charge is 0.243 e. The van der Waals surface area contributed by atoms with Crippen LogP contribution in [0, 0.1) is 6.92 Å². The summed E-state index contributed by atoms with van der Waals surface area (Å²) in [4.78, 5) is 11.9. The van der Waals surface area contributed by atoms with Crippen molar-refractivity contribution in [2.45, 2.75) is 6.92 Å². The molecule has 0 aliphatic carbocycles. The van der Waals surface area contributed by atoms with Gasteiger partial charge in [-0.3, -0.25) is 4.79 Å². The summed E-state index contributed by atoms with van der Waals surface area (Å²) in [5, 5.41) is 5.92. The monoisotopic (exact) mass is 314 g/mol. The molecule has 0 aliphatic heterocycles. The van der Waals surface area contributed by atoms with Crippen LogP contribution in [0.5, 0.6) is 5.75 Å². The number of ether oxygens (including phenoxy) is 2. The molecule has 0 atom stereocenters. The zero-order valence-corrected chi connectivity index (χ0v) is 13.5. The first-order valence-corrected chi connectivity index (χ1v) is 7.49. The number of methoxy groups -OCH3 is 1.